The van der Waals surface area contributed by atoms with Gasteiger partial charge in [-0.25, -0.2) is 9.97 Å². The molecule has 5 aromatic rings. The molecule has 0 amide bonds. The van der Waals surface area contributed by atoms with Crippen LogP contribution >= 0.6 is 22.7 Å². The van der Waals surface area contributed by atoms with Crippen molar-refractivity contribution in [3.05, 3.63) is 47.3 Å². The van der Waals surface area contributed by atoms with Crippen LogP contribution in [0.2, 0.25) is 0 Å². The summed E-state index contributed by atoms with van der Waals surface area (Å²) in [6.45, 7) is 1.99. The number of anilines is 1. The average Bonchev–Trinajstić information content (AvgIpc) is 3.32. The van der Waals surface area contributed by atoms with Crippen LogP contribution in [-0.2, 0) is 0 Å². The summed E-state index contributed by atoms with van der Waals surface area (Å²) < 4.78 is 7.23. The molecule has 7 heteroatoms. The highest BCUT2D eigenvalue weighted by Gasteiger charge is 2.17. The molecule has 0 saturated carbocycles. The molecule has 0 fully saturated rings. The van der Waals surface area contributed by atoms with Gasteiger partial charge in [-0.2, -0.15) is 0 Å². The van der Waals surface area contributed by atoms with Crippen molar-refractivity contribution in [1.82, 2.24) is 15.0 Å². The molecule has 25 heavy (non-hydrogen) atoms. The molecule has 0 aliphatic heterocycles. The molecule has 0 radical (unpaired) electrons. The number of furan rings is 1. The van der Waals surface area contributed by atoms with Gasteiger partial charge in [-0.05, 0) is 19.1 Å². The lowest BCUT2D eigenvalue weighted by Gasteiger charge is -1.99. The minimum Gasteiger partial charge on any atom is -0.452 e. The van der Waals surface area contributed by atoms with Crippen molar-refractivity contribution < 1.29 is 4.42 Å². The molecule has 5 rings (SSSR count). The smallest absolute Gasteiger partial charge is 0.177 e. The normalized spacial score (nSPS) is 11.6. The molecule has 5 nitrogen and oxygen atoms in total. The summed E-state index contributed by atoms with van der Waals surface area (Å²) in [4.78, 5) is 13.9. The van der Waals surface area contributed by atoms with E-state index in [1.165, 1.54) is 0 Å². The molecule has 0 aliphatic carbocycles. The van der Waals surface area contributed by atoms with E-state index in [0.717, 1.165) is 42.2 Å². The minimum atomic E-state index is 0.396. The number of pyridine rings is 2. The largest absolute Gasteiger partial charge is 0.452 e. The molecule has 0 aliphatic rings. The van der Waals surface area contributed by atoms with Gasteiger partial charge in [-0.15, -0.1) is 22.7 Å². The fraction of sp³-hybridized carbons (Fsp3) is 0.0556. The third-order valence-electron chi connectivity index (χ3n) is 4.12. The molecule has 5 aromatic heterocycles. The number of thiophene rings is 1. The monoisotopic (exact) mass is 364 g/mol. The van der Waals surface area contributed by atoms with Crippen LogP contribution in [0.3, 0.4) is 0 Å². The predicted molar refractivity (Wildman–Crippen MR) is 103 cm³/mol. The first-order valence-electron chi connectivity index (χ1n) is 7.63. The van der Waals surface area contributed by atoms with Crippen LogP contribution in [0.4, 0.5) is 5.82 Å². The van der Waals surface area contributed by atoms with Crippen molar-refractivity contribution in [2.24, 2.45) is 0 Å². The van der Waals surface area contributed by atoms with Gasteiger partial charge in [0.15, 0.2) is 11.4 Å². The first-order valence-corrected chi connectivity index (χ1v) is 9.33. The number of hydrogen-bond donors (Lipinski definition) is 1. The third-order valence-corrected chi connectivity index (χ3v) is 6.00. The lowest BCUT2D eigenvalue weighted by Crippen LogP contribution is -1.90. The van der Waals surface area contributed by atoms with Gasteiger partial charge in [0.1, 0.15) is 5.76 Å². The lowest BCUT2D eigenvalue weighted by atomic mass is 10.1. The number of rotatable bonds is 2. The van der Waals surface area contributed by atoms with Crippen LogP contribution in [0.15, 0.2) is 46.7 Å². The number of nitrogens with zero attached hydrogens (tertiary/aromatic N) is 3. The van der Waals surface area contributed by atoms with E-state index in [0.29, 0.717) is 11.4 Å². The maximum atomic E-state index is 6.10. The highest BCUT2D eigenvalue weighted by molar-refractivity contribution is 7.17. The summed E-state index contributed by atoms with van der Waals surface area (Å²) in [5.74, 6) is 1.18. The fourth-order valence-corrected chi connectivity index (χ4v) is 4.65. The van der Waals surface area contributed by atoms with E-state index in [1.807, 2.05) is 31.5 Å². The molecule has 0 atom stereocenters. The van der Waals surface area contributed by atoms with Crippen LogP contribution in [0.25, 0.3) is 42.8 Å². The standard InChI is InChI=1S/C18H12N4OS2/c1-9-21-7-16(25-9)12-5-22-18(19)17-11(12)4-14(23-17)13-8-24-15-6-20-3-2-10(13)15/h2-8H,1H3,(H2,19,22). The molecule has 0 bridgehead atoms. The third kappa shape index (κ3) is 2.24. The van der Waals surface area contributed by atoms with E-state index >= 15 is 0 Å². The Hall–Kier alpha value is -2.77. The number of hydrogen-bond acceptors (Lipinski definition) is 7. The zero-order valence-electron chi connectivity index (χ0n) is 13.2. The Morgan fingerprint density at radius 1 is 1.08 bits per heavy atom. The second-order valence-corrected chi connectivity index (χ2v) is 7.82. The van der Waals surface area contributed by atoms with Crippen LogP contribution < -0.4 is 5.73 Å². The molecule has 122 valence electrons. The number of aryl methyl sites for hydroxylation is 1. The van der Waals surface area contributed by atoms with Crippen LogP contribution in [0, 0.1) is 6.92 Å². The van der Waals surface area contributed by atoms with Gasteiger partial charge in [0.2, 0.25) is 0 Å². The van der Waals surface area contributed by atoms with Gasteiger partial charge in [-0.3, -0.25) is 4.98 Å². The van der Waals surface area contributed by atoms with E-state index in [9.17, 15) is 0 Å². The average molecular weight is 364 g/mol. The van der Waals surface area contributed by atoms with E-state index in [4.69, 9.17) is 10.2 Å². The number of thiazole rings is 1. The van der Waals surface area contributed by atoms with Gasteiger partial charge < -0.3 is 10.2 Å². The van der Waals surface area contributed by atoms with Crippen LogP contribution in [0.5, 0.6) is 0 Å². The van der Waals surface area contributed by atoms with E-state index in [-0.39, 0.29) is 0 Å². The van der Waals surface area contributed by atoms with Crippen molar-refractivity contribution in [1.29, 1.82) is 0 Å². The summed E-state index contributed by atoms with van der Waals surface area (Å²) in [6, 6.07) is 4.04. The van der Waals surface area contributed by atoms with Gasteiger partial charge in [0.05, 0.1) is 14.6 Å². The predicted octanol–water partition coefficient (Wildman–Crippen LogP) is 5.12. The highest BCUT2D eigenvalue weighted by atomic mass is 32.1. The maximum Gasteiger partial charge on any atom is 0.177 e. The molecule has 0 aromatic carbocycles. The quantitative estimate of drug-likeness (QED) is 0.470. The molecule has 0 saturated heterocycles. The van der Waals surface area contributed by atoms with Crippen LogP contribution in [0.1, 0.15) is 5.01 Å². The highest BCUT2D eigenvalue weighted by Crippen LogP contribution is 2.41. The molecule has 5 heterocycles. The van der Waals surface area contributed by atoms with Crippen molar-refractivity contribution >= 4 is 49.5 Å². The van der Waals surface area contributed by atoms with Crippen molar-refractivity contribution in [2.45, 2.75) is 6.92 Å². The summed E-state index contributed by atoms with van der Waals surface area (Å²) in [7, 11) is 0. The Labute approximate surface area is 150 Å². The van der Waals surface area contributed by atoms with Crippen molar-refractivity contribution in [2.75, 3.05) is 5.73 Å². The van der Waals surface area contributed by atoms with Gasteiger partial charge >= 0.3 is 0 Å². The lowest BCUT2D eigenvalue weighted by molar-refractivity contribution is 0.632. The summed E-state index contributed by atoms with van der Waals surface area (Å²) >= 11 is 3.28. The first-order chi connectivity index (χ1) is 12.2. The van der Waals surface area contributed by atoms with Gasteiger partial charge in [0, 0.05) is 52.1 Å². The number of nitrogens with two attached hydrogens (primary N) is 1. The van der Waals surface area contributed by atoms with Crippen molar-refractivity contribution in [3.8, 4) is 21.8 Å². The number of nitrogen functional groups attached to an aromatic ring is 1. The molecule has 0 spiro atoms. The Bertz CT molecular complexity index is 1230. The molecule has 0 unspecified atom stereocenters. The number of fused-ring (bicyclic) bond motifs is 2. The SMILES string of the molecule is Cc1ncc(-c2cnc(N)c3oc(-c4csc5cnccc45)cc23)s1. The Morgan fingerprint density at radius 3 is 2.84 bits per heavy atom. The Kier molecular flexibility index (Phi) is 3.13. The molecular formula is C18H12N4OS2. The zero-order chi connectivity index (χ0) is 17.0. The van der Waals surface area contributed by atoms with E-state index < -0.39 is 0 Å². The summed E-state index contributed by atoms with van der Waals surface area (Å²) in [5.41, 5.74) is 8.72. The second-order valence-electron chi connectivity index (χ2n) is 5.68. The van der Waals surface area contributed by atoms with Crippen molar-refractivity contribution in [3.63, 3.8) is 0 Å². The molecular weight excluding hydrogens is 352 g/mol. The fourth-order valence-electron chi connectivity index (χ4n) is 2.93. The van der Waals surface area contributed by atoms with Gasteiger partial charge in [-0.1, -0.05) is 0 Å². The summed E-state index contributed by atoms with van der Waals surface area (Å²) in [5, 5.41) is 5.19. The van der Waals surface area contributed by atoms with E-state index in [2.05, 4.69) is 20.3 Å². The van der Waals surface area contributed by atoms with Gasteiger partial charge in [0.25, 0.3) is 0 Å². The zero-order valence-corrected chi connectivity index (χ0v) is 14.8. The number of aromatic nitrogens is 3. The Morgan fingerprint density at radius 2 is 2.00 bits per heavy atom. The minimum absolute atomic E-state index is 0.396. The van der Waals surface area contributed by atoms with Crippen LogP contribution in [-0.4, -0.2) is 15.0 Å². The van der Waals surface area contributed by atoms with E-state index in [1.54, 1.807) is 35.1 Å². The summed E-state index contributed by atoms with van der Waals surface area (Å²) in [6.07, 6.45) is 7.32. The Balaban J connectivity index is 1.78. The topological polar surface area (TPSA) is 77.8 Å². The maximum absolute atomic E-state index is 6.10. The molecule has 2 N–H and O–H groups in total. The second kappa shape index (κ2) is 5.37. The first kappa shape index (κ1) is 14.6.